The molecular weight excluding hydrogens is 300 g/mol. The first-order valence-electron chi connectivity index (χ1n) is 9.34. The molecule has 130 valence electrons. The fourth-order valence-corrected chi connectivity index (χ4v) is 4.57. The third-order valence-corrected chi connectivity index (χ3v) is 6.03. The van der Waals surface area contributed by atoms with Gasteiger partial charge in [-0.25, -0.2) is 0 Å². The van der Waals surface area contributed by atoms with Crippen LogP contribution in [-0.2, 0) is 16.1 Å². The molecule has 1 amide bonds. The van der Waals surface area contributed by atoms with E-state index in [4.69, 9.17) is 4.74 Å². The van der Waals surface area contributed by atoms with Crippen LogP contribution in [0, 0.1) is 12.8 Å². The SMILES string of the molecule is Cc1ccc(CN2CC3(C2)OCC[C@@H]3CCN2CCCC2=O)cc1. The molecule has 3 fully saturated rings. The van der Waals surface area contributed by atoms with E-state index < -0.39 is 0 Å². The summed E-state index contributed by atoms with van der Waals surface area (Å²) >= 11 is 0. The fraction of sp³-hybridized carbons (Fsp3) is 0.650. The van der Waals surface area contributed by atoms with Crippen LogP contribution in [0.2, 0.25) is 0 Å². The molecule has 3 aliphatic rings. The van der Waals surface area contributed by atoms with E-state index in [1.165, 1.54) is 11.1 Å². The maximum atomic E-state index is 11.8. The van der Waals surface area contributed by atoms with E-state index in [1.54, 1.807) is 0 Å². The molecule has 4 nitrogen and oxygen atoms in total. The molecule has 0 radical (unpaired) electrons. The van der Waals surface area contributed by atoms with Crippen LogP contribution in [-0.4, -0.2) is 54.1 Å². The Morgan fingerprint density at radius 1 is 1.25 bits per heavy atom. The number of carbonyl (C=O) groups is 1. The summed E-state index contributed by atoms with van der Waals surface area (Å²) in [6, 6.07) is 8.83. The van der Waals surface area contributed by atoms with Crippen LogP contribution in [0.25, 0.3) is 0 Å². The number of hydrogen-bond acceptors (Lipinski definition) is 3. The number of ether oxygens (including phenoxy) is 1. The Kier molecular flexibility index (Phi) is 4.35. The second kappa shape index (κ2) is 6.49. The zero-order chi connectivity index (χ0) is 16.6. The predicted octanol–water partition coefficient (Wildman–Crippen LogP) is 2.60. The summed E-state index contributed by atoms with van der Waals surface area (Å²) in [5.74, 6) is 0.956. The van der Waals surface area contributed by atoms with Gasteiger partial charge in [0.25, 0.3) is 0 Å². The lowest BCUT2D eigenvalue weighted by Crippen LogP contribution is -2.64. The third kappa shape index (κ3) is 3.09. The van der Waals surface area contributed by atoms with Crippen molar-refractivity contribution in [2.24, 2.45) is 5.92 Å². The largest absolute Gasteiger partial charge is 0.372 e. The number of rotatable bonds is 5. The lowest BCUT2D eigenvalue weighted by Gasteiger charge is -2.50. The van der Waals surface area contributed by atoms with Gasteiger partial charge in [-0.3, -0.25) is 9.69 Å². The molecule has 0 aromatic heterocycles. The first kappa shape index (κ1) is 16.1. The van der Waals surface area contributed by atoms with Crippen molar-refractivity contribution in [2.75, 3.05) is 32.8 Å². The first-order valence-corrected chi connectivity index (χ1v) is 9.34. The van der Waals surface area contributed by atoms with E-state index >= 15 is 0 Å². The minimum atomic E-state index is 0.0630. The van der Waals surface area contributed by atoms with Crippen molar-refractivity contribution in [3.05, 3.63) is 35.4 Å². The van der Waals surface area contributed by atoms with Crippen LogP contribution in [0.5, 0.6) is 0 Å². The van der Waals surface area contributed by atoms with E-state index in [0.717, 1.165) is 65.0 Å². The second-order valence-electron chi connectivity index (χ2n) is 7.80. The van der Waals surface area contributed by atoms with E-state index in [9.17, 15) is 4.79 Å². The molecule has 0 saturated carbocycles. The molecule has 4 rings (SSSR count). The molecule has 0 unspecified atom stereocenters. The summed E-state index contributed by atoms with van der Waals surface area (Å²) in [6.45, 7) is 7.99. The van der Waals surface area contributed by atoms with Gasteiger partial charge in [0, 0.05) is 45.8 Å². The van der Waals surface area contributed by atoms with Gasteiger partial charge in [-0.05, 0) is 37.7 Å². The van der Waals surface area contributed by atoms with Crippen LogP contribution >= 0.6 is 0 Å². The average molecular weight is 328 g/mol. The fourth-order valence-electron chi connectivity index (χ4n) is 4.57. The highest BCUT2D eigenvalue weighted by atomic mass is 16.5. The molecule has 1 spiro atoms. The normalized spacial score (nSPS) is 26.3. The van der Waals surface area contributed by atoms with Gasteiger partial charge in [0.1, 0.15) is 0 Å². The molecular formula is C20H28N2O2. The maximum absolute atomic E-state index is 11.8. The van der Waals surface area contributed by atoms with Gasteiger partial charge in [0.15, 0.2) is 0 Å². The van der Waals surface area contributed by atoms with Gasteiger partial charge in [0.05, 0.1) is 5.60 Å². The minimum absolute atomic E-state index is 0.0630. The van der Waals surface area contributed by atoms with Crippen LogP contribution < -0.4 is 0 Å². The quantitative estimate of drug-likeness (QED) is 0.833. The Balaban J connectivity index is 1.29. The average Bonchev–Trinajstić information content (AvgIpc) is 3.13. The van der Waals surface area contributed by atoms with E-state index in [1.807, 2.05) is 0 Å². The Labute approximate surface area is 144 Å². The second-order valence-corrected chi connectivity index (χ2v) is 7.80. The molecule has 1 aromatic carbocycles. The highest BCUT2D eigenvalue weighted by Crippen LogP contribution is 2.42. The molecule has 3 aliphatic heterocycles. The van der Waals surface area contributed by atoms with Crippen molar-refractivity contribution in [2.45, 2.75) is 44.8 Å². The molecule has 24 heavy (non-hydrogen) atoms. The summed E-state index contributed by atoms with van der Waals surface area (Å²) in [4.78, 5) is 16.3. The number of amides is 1. The summed E-state index contributed by atoms with van der Waals surface area (Å²) in [5.41, 5.74) is 2.76. The summed E-state index contributed by atoms with van der Waals surface area (Å²) in [7, 11) is 0. The molecule has 0 N–H and O–H groups in total. The van der Waals surface area contributed by atoms with Gasteiger partial charge in [-0.15, -0.1) is 0 Å². The summed E-state index contributed by atoms with van der Waals surface area (Å²) in [5, 5.41) is 0. The smallest absolute Gasteiger partial charge is 0.222 e. The lowest BCUT2D eigenvalue weighted by molar-refractivity contribution is -0.139. The zero-order valence-corrected chi connectivity index (χ0v) is 14.7. The lowest BCUT2D eigenvalue weighted by atomic mass is 9.78. The first-order chi connectivity index (χ1) is 11.6. The summed E-state index contributed by atoms with van der Waals surface area (Å²) in [6.07, 6.45) is 4.04. The number of likely N-dealkylation sites (tertiary alicyclic amines) is 2. The van der Waals surface area contributed by atoms with Crippen LogP contribution in [0.1, 0.15) is 36.8 Å². The topological polar surface area (TPSA) is 32.8 Å². The van der Waals surface area contributed by atoms with Crippen molar-refractivity contribution in [1.82, 2.24) is 9.80 Å². The van der Waals surface area contributed by atoms with Gasteiger partial charge in [-0.2, -0.15) is 0 Å². The maximum Gasteiger partial charge on any atom is 0.222 e. The third-order valence-electron chi connectivity index (χ3n) is 6.03. The molecule has 4 heteroatoms. The van der Waals surface area contributed by atoms with E-state index in [0.29, 0.717) is 11.8 Å². The highest BCUT2D eigenvalue weighted by Gasteiger charge is 2.52. The molecule has 1 atom stereocenters. The summed E-state index contributed by atoms with van der Waals surface area (Å²) < 4.78 is 6.17. The monoisotopic (exact) mass is 328 g/mol. The van der Waals surface area contributed by atoms with E-state index in [-0.39, 0.29) is 5.60 Å². The van der Waals surface area contributed by atoms with Crippen molar-refractivity contribution >= 4 is 5.91 Å². The van der Waals surface area contributed by atoms with Crippen molar-refractivity contribution in [3.8, 4) is 0 Å². The predicted molar refractivity (Wildman–Crippen MR) is 93.7 cm³/mol. The zero-order valence-electron chi connectivity index (χ0n) is 14.7. The van der Waals surface area contributed by atoms with Crippen molar-refractivity contribution in [3.63, 3.8) is 0 Å². The van der Waals surface area contributed by atoms with Crippen molar-refractivity contribution < 1.29 is 9.53 Å². The Bertz CT molecular complexity index is 592. The highest BCUT2D eigenvalue weighted by molar-refractivity contribution is 5.78. The van der Waals surface area contributed by atoms with Gasteiger partial charge >= 0.3 is 0 Å². The number of hydrogen-bond donors (Lipinski definition) is 0. The van der Waals surface area contributed by atoms with Gasteiger partial charge < -0.3 is 9.64 Å². The van der Waals surface area contributed by atoms with Gasteiger partial charge in [-0.1, -0.05) is 29.8 Å². The van der Waals surface area contributed by atoms with Crippen LogP contribution in [0.15, 0.2) is 24.3 Å². The molecule has 0 bridgehead atoms. The van der Waals surface area contributed by atoms with Crippen LogP contribution in [0.3, 0.4) is 0 Å². The minimum Gasteiger partial charge on any atom is -0.372 e. The molecule has 3 heterocycles. The standard InChI is InChI=1S/C20H28N2O2/c1-16-4-6-17(7-5-16)13-21-14-20(15-21)18(9-12-24-20)8-11-22-10-2-3-19(22)23/h4-7,18H,2-3,8-15H2,1H3/t18-/m0/s1. The molecule has 3 saturated heterocycles. The number of carbonyl (C=O) groups excluding carboxylic acids is 1. The van der Waals surface area contributed by atoms with Crippen molar-refractivity contribution in [1.29, 1.82) is 0 Å². The number of nitrogens with zero attached hydrogens (tertiary/aromatic N) is 2. The Morgan fingerprint density at radius 3 is 2.75 bits per heavy atom. The van der Waals surface area contributed by atoms with Gasteiger partial charge in [0.2, 0.25) is 5.91 Å². The number of benzene rings is 1. The van der Waals surface area contributed by atoms with Crippen LogP contribution in [0.4, 0.5) is 0 Å². The Hall–Kier alpha value is -1.39. The molecule has 0 aliphatic carbocycles. The van der Waals surface area contributed by atoms with E-state index in [2.05, 4.69) is 41.0 Å². The number of aryl methyl sites for hydroxylation is 1. The Morgan fingerprint density at radius 2 is 2.04 bits per heavy atom. The molecule has 1 aromatic rings.